The molecule has 0 unspecified atom stereocenters. The molecule has 2 N–H and O–H groups in total. The van der Waals surface area contributed by atoms with E-state index in [1.54, 1.807) is 6.92 Å². The SMILES string of the molecule is C[C@@H](O)CNC(=O)[C@H]1CCCO1. The van der Waals surface area contributed by atoms with Crippen molar-refractivity contribution >= 4 is 5.91 Å². The van der Waals surface area contributed by atoms with Crippen molar-refractivity contribution in [3.8, 4) is 0 Å². The van der Waals surface area contributed by atoms with Gasteiger partial charge in [0.25, 0.3) is 0 Å². The van der Waals surface area contributed by atoms with Gasteiger partial charge in [0, 0.05) is 13.2 Å². The third kappa shape index (κ3) is 2.79. The fourth-order valence-corrected chi connectivity index (χ4v) is 1.15. The molecule has 1 amide bonds. The van der Waals surface area contributed by atoms with Gasteiger partial charge in [0.1, 0.15) is 6.10 Å². The minimum absolute atomic E-state index is 0.103. The standard InChI is InChI=1S/C8H15NO3/c1-6(10)5-9-8(11)7-3-2-4-12-7/h6-7,10H,2-5H2,1H3,(H,9,11)/t6-,7-/m1/s1. The van der Waals surface area contributed by atoms with E-state index >= 15 is 0 Å². The van der Waals surface area contributed by atoms with Gasteiger partial charge in [0.05, 0.1) is 6.10 Å². The fraction of sp³-hybridized carbons (Fsp3) is 0.875. The molecule has 0 aliphatic carbocycles. The van der Waals surface area contributed by atoms with Crippen LogP contribution in [0, 0.1) is 0 Å². The minimum Gasteiger partial charge on any atom is -0.392 e. The van der Waals surface area contributed by atoms with E-state index in [1.165, 1.54) is 0 Å². The topological polar surface area (TPSA) is 58.6 Å². The Morgan fingerprint density at radius 3 is 3.08 bits per heavy atom. The molecule has 0 aromatic heterocycles. The number of hydrogen-bond donors (Lipinski definition) is 2. The summed E-state index contributed by atoms with van der Waals surface area (Å²) in [5.41, 5.74) is 0. The highest BCUT2D eigenvalue weighted by Crippen LogP contribution is 2.11. The van der Waals surface area contributed by atoms with E-state index in [0.717, 1.165) is 12.8 Å². The van der Waals surface area contributed by atoms with Crippen molar-refractivity contribution in [3.63, 3.8) is 0 Å². The summed E-state index contributed by atoms with van der Waals surface area (Å²) in [7, 11) is 0. The number of carbonyl (C=O) groups excluding carboxylic acids is 1. The summed E-state index contributed by atoms with van der Waals surface area (Å²) in [6.45, 7) is 2.61. The number of carbonyl (C=O) groups is 1. The number of hydrogen-bond acceptors (Lipinski definition) is 3. The van der Waals surface area contributed by atoms with E-state index < -0.39 is 6.10 Å². The number of ether oxygens (including phenoxy) is 1. The van der Waals surface area contributed by atoms with Gasteiger partial charge in [-0.25, -0.2) is 0 Å². The molecule has 0 bridgehead atoms. The van der Waals surface area contributed by atoms with Crippen LogP contribution in [0.1, 0.15) is 19.8 Å². The minimum atomic E-state index is -0.490. The highest BCUT2D eigenvalue weighted by molar-refractivity contribution is 5.80. The molecule has 0 radical (unpaired) electrons. The zero-order chi connectivity index (χ0) is 8.97. The van der Waals surface area contributed by atoms with Gasteiger partial charge in [-0.15, -0.1) is 0 Å². The first kappa shape index (κ1) is 9.48. The summed E-state index contributed by atoms with van der Waals surface area (Å²) in [5.74, 6) is -0.103. The average molecular weight is 173 g/mol. The van der Waals surface area contributed by atoms with Gasteiger partial charge in [-0.2, -0.15) is 0 Å². The first-order valence-corrected chi connectivity index (χ1v) is 4.27. The Labute approximate surface area is 71.9 Å². The van der Waals surface area contributed by atoms with Gasteiger partial charge < -0.3 is 15.2 Å². The first-order chi connectivity index (χ1) is 5.70. The average Bonchev–Trinajstić information content (AvgIpc) is 2.51. The molecule has 1 saturated heterocycles. The lowest BCUT2D eigenvalue weighted by Gasteiger charge is -2.11. The van der Waals surface area contributed by atoms with E-state index in [2.05, 4.69) is 5.32 Å². The van der Waals surface area contributed by atoms with Crippen LogP contribution >= 0.6 is 0 Å². The predicted octanol–water partition coefficient (Wildman–Crippen LogP) is -0.338. The molecule has 1 aliphatic rings. The predicted molar refractivity (Wildman–Crippen MR) is 43.7 cm³/mol. The Bertz CT molecular complexity index is 152. The third-order valence-corrected chi connectivity index (χ3v) is 1.79. The molecule has 4 nitrogen and oxygen atoms in total. The largest absolute Gasteiger partial charge is 0.392 e. The summed E-state index contributed by atoms with van der Waals surface area (Å²) < 4.78 is 5.15. The van der Waals surface area contributed by atoms with Crippen LogP contribution < -0.4 is 5.32 Å². The molecule has 1 aliphatic heterocycles. The van der Waals surface area contributed by atoms with Crippen LogP contribution in [0.5, 0.6) is 0 Å². The van der Waals surface area contributed by atoms with Crippen LogP contribution in [0.25, 0.3) is 0 Å². The summed E-state index contributed by atoms with van der Waals surface area (Å²) in [6, 6.07) is 0. The Morgan fingerprint density at radius 1 is 1.83 bits per heavy atom. The Balaban J connectivity index is 2.18. The van der Waals surface area contributed by atoms with Crippen LogP contribution in [-0.2, 0) is 9.53 Å². The summed E-state index contributed by atoms with van der Waals surface area (Å²) in [6.07, 6.45) is 0.970. The van der Waals surface area contributed by atoms with Crippen LogP contribution in [0.3, 0.4) is 0 Å². The molecule has 0 aromatic rings. The second-order valence-corrected chi connectivity index (χ2v) is 3.10. The molecule has 12 heavy (non-hydrogen) atoms. The second-order valence-electron chi connectivity index (χ2n) is 3.10. The van der Waals surface area contributed by atoms with Crippen molar-refractivity contribution in [1.82, 2.24) is 5.32 Å². The van der Waals surface area contributed by atoms with Crippen molar-refractivity contribution in [2.75, 3.05) is 13.2 Å². The van der Waals surface area contributed by atoms with Gasteiger partial charge >= 0.3 is 0 Å². The molecule has 2 atom stereocenters. The first-order valence-electron chi connectivity index (χ1n) is 4.27. The molecule has 1 fully saturated rings. The van der Waals surface area contributed by atoms with E-state index in [-0.39, 0.29) is 12.0 Å². The molecular formula is C8H15NO3. The number of amides is 1. The number of rotatable bonds is 3. The zero-order valence-corrected chi connectivity index (χ0v) is 7.25. The van der Waals surface area contributed by atoms with Crippen LogP contribution in [0.15, 0.2) is 0 Å². The molecule has 0 aromatic carbocycles. The monoisotopic (exact) mass is 173 g/mol. The van der Waals surface area contributed by atoms with Crippen molar-refractivity contribution in [3.05, 3.63) is 0 Å². The van der Waals surface area contributed by atoms with Gasteiger partial charge in [-0.1, -0.05) is 0 Å². The van der Waals surface area contributed by atoms with Gasteiger partial charge in [0.15, 0.2) is 0 Å². The third-order valence-electron chi connectivity index (χ3n) is 1.79. The smallest absolute Gasteiger partial charge is 0.249 e. The van der Waals surface area contributed by atoms with Gasteiger partial charge in [0.2, 0.25) is 5.91 Å². The number of aliphatic hydroxyl groups is 1. The molecule has 70 valence electrons. The molecule has 1 heterocycles. The fourth-order valence-electron chi connectivity index (χ4n) is 1.15. The van der Waals surface area contributed by atoms with Crippen LogP contribution in [-0.4, -0.2) is 36.4 Å². The van der Waals surface area contributed by atoms with Crippen molar-refractivity contribution < 1.29 is 14.6 Å². The normalized spacial score (nSPS) is 25.3. The van der Waals surface area contributed by atoms with Crippen LogP contribution in [0.2, 0.25) is 0 Å². The lowest BCUT2D eigenvalue weighted by atomic mass is 10.2. The molecular weight excluding hydrogens is 158 g/mol. The molecule has 1 rings (SSSR count). The lowest BCUT2D eigenvalue weighted by Crippen LogP contribution is -2.37. The van der Waals surface area contributed by atoms with E-state index in [9.17, 15) is 4.79 Å². The maximum atomic E-state index is 11.2. The second kappa shape index (κ2) is 4.42. The van der Waals surface area contributed by atoms with E-state index in [4.69, 9.17) is 9.84 Å². The highest BCUT2D eigenvalue weighted by atomic mass is 16.5. The van der Waals surface area contributed by atoms with Crippen molar-refractivity contribution in [2.24, 2.45) is 0 Å². The summed E-state index contributed by atoms with van der Waals surface area (Å²) in [5, 5.41) is 11.5. The van der Waals surface area contributed by atoms with Crippen molar-refractivity contribution in [2.45, 2.75) is 32.0 Å². The molecule has 4 heteroatoms. The lowest BCUT2D eigenvalue weighted by molar-refractivity contribution is -0.130. The highest BCUT2D eigenvalue weighted by Gasteiger charge is 2.23. The summed E-state index contributed by atoms with van der Waals surface area (Å²) in [4.78, 5) is 11.2. The van der Waals surface area contributed by atoms with Crippen molar-refractivity contribution in [1.29, 1.82) is 0 Å². The van der Waals surface area contributed by atoms with E-state index in [0.29, 0.717) is 13.2 Å². The van der Waals surface area contributed by atoms with Crippen LogP contribution in [0.4, 0.5) is 0 Å². The number of aliphatic hydroxyl groups excluding tert-OH is 1. The Kier molecular flexibility index (Phi) is 3.49. The Morgan fingerprint density at radius 2 is 2.58 bits per heavy atom. The maximum absolute atomic E-state index is 11.2. The quantitative estimate of drug-likeness (QED) is 0.614. The summed E-state index contributed by atoms with van der Waals surface area (Å²) >= 11 is 0. The number of nitrogens with one attached hydrogen (secondary N) is 1. The maximum Gasteiger partial charge on any atom is 0.249 e. The Hall–Kier alpha value is -0.610. The van der Waals surface area contributed by atoms with Gasteiger partial charge in [-0.05, 0) is 19.8 Å². The molecule has 0 saturated carbocycles. The van der Waals surface area contributed by atoms with Gasteiger partial charge in [-0.3, -0.25) is 4.79 Å². The zero-order valence-electron chi connectivity index (χ0n) is 7.25. The molecule has 0 spiro atoms. The van der Waals surface area contributed by atoms with E-state index in [1.807, 2.05) is 0 Å².